The molecule has 0 aromatic heterocycles. The molecule has 2 nitrogen and oxygen atoms in total. The summed E-state index contributed by atoms with van der Waals surface area (Å²) in [6.45, 7) is 3.22. The van der Waals surface area contributed by atoms with Gasteiger partial charge < -0.3 is 5.32 Å². The molecule has 1 aliphatic rings. The van der Waals surface area contributed by atoms with Gasteiger partial charge in [-0.2, -0.15) is 13.2 Å². The van der Waals surface area contributed by atoms with E-state index in [-0.39, 0.29) is 12.6 Å². The second-order valence-electron chi connectivity index (χ2n) is 3.62. The average Bonchev–Trinajstić information content (AvgIpc) is 2.14. The van der Waals surface area contributed by atoms with Gasteiger partial charge >= 0.3 is 6.30 Å². The Labute approximate surface area is 82.5 Å². The monoisotopic (exact) mass is 210 g/mol. The Morgan fingerprint density at radius 3 is 2.64 bits per heavy atom. The molecule has 1 rings (SSSR count). The number of nitrogens with one attached hydrogen (secondary N) is 1. The summed E-state index contributed by atoms with van der Waals surface area (Å²) in [6.07, 6.45) is -1.96. The van der Waals surface area contributed by atoms with E-state index in [0.717, 1.165) is 13.0 Å². The predicted octanol–water partition coefficient (Wildman–Crippen LogP) is 1.97. The SMILES string of the molecule is CCNC[C@@H]1CCCCN1C(F)(F)F. The molecule has 0 amide bonds. The fraction of sp³-hybridized carbons (Fsp3) is 1.00. The van der Waals surface area contributed by atoms with E-state index in [0.29, 0.717) is 24.3 Å². The molecule has 1 fully saturated rings. The highest BCUT2D eigenvalue weighted by molar-refractivity contribution is 4.80. The molecular formula is C9H17F3N2. The van der Waals surface area contributed by atoms with Gasteiger partial charge in [-0.3, -0.25) is 0 Å². The number of rotatable bonds is 3. The lowest BCUT2D eigenvalue weighted by Gasteiger charge is -2.36. The van der Waals surface area contributed by atoms with Crippen molar-refractivity contribution >= 4 is 0 Å². The summed E-state index contributed by atoms with van der Waals surface area (Å²) in [7, 11) is 0. The van der Waals surface area contributed by atoms with Crippen molar-refractivity contribution in [3.63, 3.8) is 0 Å². The summed E-state index contributed by atoms with van der Waals surface area (Å²) >= 11 is 0. The van der Waals surface area contributed by atoms with Crippen LogP contribution in [0.5, 0.6) is 0 Å². The highest BCUT2D eigenvalue weighted by Crippen LogP contribution is 2.29. The summed E-state index contributed by atoms with van der Waals surface area (Å²) in [5.74, 6) is 0. The maximum absolute atomic E-state index is 12.5. The molecule has 0 aromatic carbocycles. The first-order chi connectivity index (χ1) is 6.55. The fourth-order valence-electron chi connectivity index (χ4n) is 1.86. The fourth-order valence-corrected chi connectivity index (χ4v) is 1.86. The van der Waals surface area contributed by atoms with Gasteiger partial charge in [-0.05, 0) is 19.4 Å². The van der Waals surface area contributed by atoms with Crippen molar-refractivity contribution in [1.82, 2.24) is 10.2 Å². The smallest absolute Gasteiger partial charge is 0.315 e. The number of hydrogen-bond donors (Lipinski definition) is 1. The summed E-state index contributed by atoms with van der Waals surface area (Å²) in [5, 5.41) is 2.98. The van der Waals surface area contributed by atoms with Crippen molar-refractivity contribution < 1.29 is 13.2 Å². The third kappa shape index (κ3) is 3.13. The zero-order chi connectivity index (χ0) is 10.6. The molecule has 0 unspecified atom stereocenters. The lowest BCUT2D eigenvalue weighted by molar-refractivity contribution is -0.263. The number of halogens is 3. The molecule has 0 saturated carbocycles. The van der Waals surface area contributed by atoms with E-state index in [2.05, 4.69) is 5.32 Å². The second kappa shape index (κ2) is 4.98. The first-order valence-corrected chi connectivity index (χ1v) is 5.10. The quantitative estimate of drug-likeness (QED) is 0.716. The van der Waals surface area contributed by atoms with Gasteiger partial charge in [0, 0.05) is 19.1 Å². The maximum Gasteiger partial charge on any atom is 0.460 e. The Morgan fingerprint density at radius 1 is 1.36 bits per heavy atom. The summed E-state index contributed by atoms with van der Waals surface area (Å²) in [5.41, 5.74) is 0. The molecule has 1 N–H and O–H groups in total. The van der Waals surface area contributed by atoms with Gasteiger partial charge in [0.25, 0.3) is 0 Å². The summed E-state index contributed by atoms with van der Waals surface area (Å²) < 4.78 is 37.6. The van der Waals surface area contributed by atoms with Gasteiger partial charge in [0.15, 0.2) is 0 Å². The molecule has 0 aliphatic carbocycles. The number of piperidine rings is 1. The minimum atomic E-state index is -4.17. The molecule has 1 saturated heterocycles. The average molecular weight is 210 g/mol. The molecule has 1 atom stereocenters. The van der Waals surface area contributed by atoms with Crippen LogP contribution in [-0.2, 0) is 0 Å². The first-order valence-electron chi connectivity index (χ1n) is 5.10. The molecule has 0 radical (unpaired) electrons. The van der Waals surface area contributed by atoms with Crippen LogP contribution in [0.1, 0.15) is 26.2 Å². The molecule has 84 valence electrons. The molecule has 0 aromatic rings. The summed E-state index contributed by atoms with van der Waals surface area (Å²) in [4.78, 5) is 0.666. The van der Waals surface area contributed by atoms with E-state index < -0.39 is 6.30 Å². The van der Waals surface area contributed by atoms with Crippen LogP contribution in [0.25, 0.3) is 0 Å². The summed E-state index contributed by atoms with van der Waals surface area (Å²) in [6, 6.07) is -0.372. The number of likely N-dealkylation sites (N-methyl/N-ethyl adjacent to an activating group) is 1. The minimum Gasteiger partial charge on any atom is -0.315 e. The van der Waals surface area contributed by atoms with Crippen LogP contribution in [0.2, 0.25) is 0 Å². The van der Waals surface area contributed by atoms with Gasteiger partial charge in [0.2, 0.25) is 0 Å². The Balaban J connectivity index is 2.50. The van der Waals surface area contributed by atoms with Crippen LogP contribution >= 0.6 is 0 Å². The van der Waals surface area contributed by atoms with Gasteiger partial charge in [-0.25, -0.2) is 4.90 Å². The highest BCUT2D eigenvalue weighted by Gasteiger charge is 2.42. The molecule has 14 heavy (non-hydrogen) atoms. The molecule has 0 bridgehead atoms. The van der Waals surface area contributed by atoms with Gasteiger partial charge in [0.05, 0.1) is 0 Å². The van der Waals surface area contributed by atoms with Crippen LogP contribution < -0.4 is 5.32 Å². The molecule has 1 heterocycles. The Kier molecular flexibility index (Phi) is 4.19. The third-order valence-corrected chi connectivity index (χ3v) is 2.58. The molecule has 5 heteroatoms. The van der Waals surface area contributed by atoms with E-state index in [9.17, 15) is 13.2 Å². The van der Waals surface area contributed by atoms with Crippen molar-refractivity contribution in [2.75, 3.05) is 19.6 Å². The van der Waals surface area contributed by atoms with Crippen LogP contribution in [0.3, 0.4) is 0 Å². The van der Waals surface area contributed by atoms with Crippen LogP contribution in [0.4, 0.5) is 13.2 Å². The van der Waals surface area contributed by atoms with Crippen molar-refractivity contribution in [2.45, 2.75) is 38.5 Å². The Morgan fingerprint density at radius 2 is 2.07 bits per heavy atom. The first kappa shape index (κ1) is 11.8. The number of alkyl halides is 3. The molecule has 0 spiro atoms. The predicted molar refractivity (Wildman–Crippen MR) is 48.9 cm³/mol. The number of likely N-dealkylation sites (tertiary alicyclic amines) is 1. The topological polar surface area (TPSA) is 15.3 Å². The molecular weight excluding hydrogens is 193 g/mol. The van der Waals surface area contributed by atoms with Gasteiger partial charge in [-0.1, -0.05) is 13.3 Å². The number of nitrogens with zero attached hydrogens (tertiary/aromatic N) is 1. The van der Waals surface area contributed by atoms with E-state index in [1.54, 1.807) is 0 Å². The van der Waals surface area contributed by atoms with E-state index in [4.69, 9.17) is 0 Å². The maximum atomic E-state index is 12.5. The van der Waals surface area contributed by atoms with Crippen molar-refractivity contribution in [3.05, 3.63) is 0 Å². The zero-order valence-electron chi connectivity index (χ0n) is 8.40. The van der Waals surface area contributed by atoms with Gasteiger partial charge in [0.1, 0.15) is 0 Å². The highest BCUT2D eigenvalue weighted by atomic mass is 19.4. The van der Waals surface area contributed by atoms with Crippen molar-refractivity contribution in [2.24, 2.45) is 0 Å². The third-order valence-electron chi connectivity index (χ3n) is 2.58. The normalized spacial score (nSPS) is 25.3. The van der Waals surface area contributed by atoms with E-state index in [1.165, 1.54) is 0 Å². The zero-order valence-corrected chi connectivity index (χ0v) is 8.40. The minimum absolute atomic E-state index is 0.152. The van der Waals surface area contributed by atoms with Gasteiger partial charge in [-0.15, -0.1) is 0 Å². The van der Waals surface area contributed by atoms with Crippen LogP contribution in [0.15, 0.2) is 0 Å². The Hall–Kier alpha value is -0.290. The molecule has 1 aliphatic heterocycles. The van der Waals surface area contributed by atoms with E-state index >= 15 is 0 Å². The standard InChI is InChI=1S/C9H17F3N2/c1-2-13-7-8-5-3-4-6-14(8)9(10,11)12/h8,13H,2-7H2,1H3/t8-/m0/s1. The van der Waals surface area contributed by atoms with Crippen molar-refractivity contribution in [1.29, 1.82) is 0 Å². The van der Waals surface area contributed by atoms with E-state index in [1.807, 2.05) is 6.92 Å². The van der Waals surface area contributed by atoms with Crippen LogP contribution in [-0.4, -0.2) is 36.9 Å². The van der Waals surface area contributed by atoms with Crippen molar-refractivity contribution in [3.8, 4) is 0 Å². The van der Waals surface area contributed by atoms with Crippen LogP contribution in [0, 0.1) is 0 Å². The number of hydrogen-bond acceptors (Lipinski definition) is 2. The lowest BCUT2D eigenvalue weighted by Crippen LogP contribution is -2.52. The largest absolute Gasteiger partial charge is 0.460 e. The Bertz CT molecular complexity index is 170. The second-order valence-corrected chi connectivity index (χ2v) is 3.62. The lowest BCUT2D eigenvalue weighted by atomic mass is 10.0.